The normalized spacial score (nSPS) is 17.8. The highest BCUT2D eigenvalue weighted by Crippen LogP contribution is 2.47. The number of nitrogens with zero attached hydrogens (tertiary/aromatic N) is 2. The molecule has 1 heterocycles. The molecule has 0 aromatic heterocycles. The number of carbonyl (C=O) groups excluding carboxylic acids is 2. The van der Waals surface area contributed by atoms with E-state index in [1.807, 2.05) is 43.3 Å². The minimum atomic E-state index is -0.896. The van der Waals surface area contributed by atoms with Crippen LogP contribution in [0.3, 0.4) is 0 Å². The molecule has 1 amide bonds. The van der Waals surface area contributed by atoms with Crippen LogP contribution in [0.1, 0.15) is 18.5 Å². The Morgan fingerprint density at radius 1 is 0.967 bits per heavy atom. The molecule has 1 fully saturated rings. The molecule has 2 atom stereocenters. The summed E-state index contributed by atoms with van der Waals surface area (Å²) in [6.07, 6.45) is -0.896. The number of anilines is 2. The van der Waals surface area contributed by atoms with Crippen LogP contribution in [-0.4, -0.2) is 53.4 Å². The minimum Gasteiger partial charge on any atom is -0.493 e. The summed E-state index contributed by atoms with van der Waals surface area (Å²) in [6.45, 7) is 1.29. The van der Waals surface area contributed by atoms with E-state index < -0.39 is 18.1 Å². The maximum Gasteiger partial charge on any atom is 0.303 e. The predicted octanol–water partition coefficient (Wildman–Crippen LogP) is 2.80. The number of β-lactam (4-membered cyclic amide) rings is 1. The monoisotopic (exact) mass is 414 g/mol. The molecule has 0 N–H and O–H groups in total. The molecule has 8 nitrogen and oxygen atoms in total. The number of rotatable bonds is 7. The van der Waals surface area contributed by atoms with Crippen molar-refractivity contribution in [2.45, 2.75) is 19.1 Å². The fourth-order valence-corrected chi connectivity index (χ4v) is 3.54. The topological polar surface area (TPSA) is 77.5 Å². The number of esters is 1. The van der Waals surface area contributed by atoms with E-state index in [0.717, 1.165) is 11.3 Å². The van der Waals surface area contributed by atoms with Crippen molar-refractivity contribution in [1.29, 1.82) is 0 Å². The first-order valence-electron chi connectivity index (χ1n) is 9.40. The van der Waals surface area contributed by atoms with Crippen LogP contribution < -0.4 is 24.0 Å². The van der Waals surface area contributed by atoms with Crippen molar-refractivity contribution in [3.05, 3.63) is 42.0 Å². The van der Waals surface area contributed by atoms with Gasteiger partial charge in [0.15, 0.2) is 11.5 Å². The van der Waals surface area contributed by atoms with Gasteiger partial charge in [-0.3, -0.25) is 14.5 Å². The molecule has 1 aliphatic rings. The molecule has 0 saturated carbocycles. The van der Waals surface area contributed by atoms with Gasteiger partial charge in [0, 0.05) is 38.8 Å². The van der Waals surface area contributed by atoms with Crippen LogP contribution in [0.4, 0.5) is 11.4 Å². The van der Waals surface area contributed by atoms with Crippen LogP contribution in [0.5, 0.6) is 17.2 Å². The van der Waals surface area contributed by atoms with Crippen molar-refractivity contribution in [3.63, 3.8) is 0 Å². The smallest absolute Gasteiger partial charge is 0.303 e. The zero-order chi connectivity index (χ0) is 22.0. The van der Waals surface area contributed by atoms with Crippen LogP contribution in [0.2, 0.25) is 0 Å². The van der Waals surface area contributed by atoms with Crippen LogP contribution in [0, 0.1) is 0 Å². The van der Waals surface area contributed by atoms with Gasteiger partial charge >= 0.3 is 5.97 Å². The van der Waals surface area contributed by atoms with Crippen molar-refractivity contribution < 1.29 is 28.5 Å². The van der Waals surface area contributed by atoms with E-state index in [2.05, 4.69) is 0 Å². The summed E-state index contributed by atoms with van der Waals surface area (Å²) in [5.41, 5.74) is 2.42. The van der Waals surface area contributed by atoms with Crippen molar-refractivity contribution in [2.75, 3.05) is 45.2 Å². The molecular formula is C22H26N2O6. The number of ether oxygens (including phenoxy) is 4. The van der Waals surface area contributed by atoms with E-state index in [-0.39, 0.29) is 5.91 Å². The van der Waals surface area contributed by atoms with Crippen molar-refractivity contribution in [1.82, 2.24) is 0 Å². The molecular weight excluding hydrogens is 388 g/mol. The molecule has 0 radical (unpaired) electrons. The lowest BCUT2D eigenvalue weighted by Crippen LogP contribution is -2.60. The van der Waals surface area contributed by atoms with Gasteiger partial charge in [0.05, 0.1) is 27.0 Å². The van der Waals surface area contributed by atoms with Gasteiger partial charge in [0.1, 0.15) is 6.04 Å². The first-order valence-corrected chi connectivity index (χ1v) is 9.40. The van der Waals surface area contributed by atoms with Gasteiger partial charge in [-0.1, -0.05) is 12.1 Å². The Kier molecular flexibility index (Phi) is 6.05. The number of methoxy groups -OCH3 is 3. The maximum absolute atomic E-state index is 12.9. The third-order valence-electron chi connectivity index (χ3n) is 5.02. The molecule has 2 aromatic rings. The van der Waals surface area contributed by atoms with Crippen LogP contribution in [0.15, 0.2) is 36.4 Å². The Hall–Kier alpha value is -3.42. The Bertz CT molecular complexity index is 916. The Morgan fingerprint density at radius 3 is 1.97 bits per heavy atom. The molecule has 30 heavy (non-hydrogen) atoms. The number of amides is 1. The van der Waals surface area contributed by atoms with Gasteiger partial charge in [-0.05, 0) is 17.7 Å². The lowest BCUT2D eigenvalue weighted by atomic mass is 9.89. The highest BCUT2D eigenvalue weighted by molar-refractivity contribution is 6.06. The van der Waals surface area contributed by atoms with E-state index in [1.54, 1.807) is 17.0 Å². The molecule has 1 saturated heterocycles. The molecule has 0 bridgehead atoms. The summed E-state index contributed by atoms with van der Waals surface area (Å²) < 4.78 is 21.5. The summed E-state index contributed by atoms with van der Waals surface area (Å²) in [6, 6.07) is 10.7. The zero-order valence-electron chi connectivity index (χ0n) is 18.0. The molecule has 2 aromatic carbocycles. The standard InChI is InChI=1S/C22H26N2O6/c1-13(25)30-21-19(14-7-9-15(10-8-14)23(2)3)24(22(21)26)16-11-17(27-4)20(29-6)18(12-16)28-5/h7-12,19,21H,1-6H3. The van der Waals surface area contributed by atoms with Crippen molar-refractivity contribution in [2.24, 2.45) is 0 Å². The highest BCUT2D eigenvalue weighted by atomic mass is 16.6. The van der Waals surface area contributed by atoms with E-state index in [4.69, 9.17) is 18.9 Å². The van der Waals surface area contributed by atoms with Gasteiger partial charge in [-0.2, -0.15) is 0 Å². The van der Waals surface area contributed by atoms with Crippen LogP contribution >= 0.6 is 0 Å². The predicted molar refractivity (Wildman–Crippen MR) is 113 cm³/mol. The number of benzene rings is 2. The minimum absolute atomic E-state index is 0.318. The van der Waals surface area contributed by atoms with E-state index >= 15 is 0 Å². The van der Waals surface area contributed by atoms with Gasteiger partial charge in [-0.15, -0.1) is 0 Å². The highest BCUT2D eigenvalue weighted by Gasteiger charge is 2.51. The molecule has 0 spiro atoms. The summed E-state index contributed by atoms with van der Waals surface area (Å²) in [5.74, 6) is 0.462. The molecule has 0 aliphatic carbocycles. The van der Waals surface area contributed by atoms with Crippen molar-refractivity contribution >= 4 is 23.3 Å². The second kappa shape index (κ2) is 8.52. The molecule has 1 aliphatic heterocycles. The Morgan fingerprint density at radius 2 is 1.53 bits per heavy atom. The summed E-state index contributed by atoms with van der Waals surface area (Å²) in [7, 11) is 8.44. The van der Waals surface area contributed by atoms with Crippen LogP contribution in [-0.2, 0) is 14.3 Å². The second-order valence-electron chi connectivity index (χ2n) is 7.05. The fourth-order valence-electron chi connectivity index (χ4n) is 3.54. The number of carbonyl (C=O) groups is 2. The largest absolute Gasteiger partial charge is 0.493 e. The van der Waals surface area contributed by atoms with Gasteiger partial charge in [0.25, 0.3) is 5.91 Å². The van der Waals surface area contributed by atoms with E-state index in [1.165, 1.54) is 28.3 Å². The third kappa shape index (κ3) is 3.72. The Labute approximate surface area is 175 Å². The summed E-state index contributed by atoms with van der Waals surface area (Å²) in [4.78, 5) is 28.1. The van der Waals surface area contributed by atoms with Gasteiger partial charge < -0.3 is 23.8 Å². The average Bonchev–Trinajstić information content (AvgIpc) is 2.74. The number of hydrogen-bond donors (Lipinski definition) is 0. The maximum atomic E-state index is 12.9. The zero-order valence-corrected chi connectivity index (χ0v) is 18.0. The fraction of sp³-hybridized carbons (Fsp3) is 0.364. The molecule has 160 valence electrons. The van der Waals surface area contributed by atoms with Gasteiger partial charge in [0.2, 0.25) is 11.9 Å². The Balaban J connectivity index is 2.06. The first kappa shape index (κ1) is 21.3. The van der Waals surface area contributed by atoms with E-state index in [9.17, 15) is 9.59 Å². The molecule has 2 unspecified atom stereocenters. The lowest BCUT2D eigenvalue weighted by molar-refractivity contribution is -0.160. The average molecular weight is 414 g/mol. The SMILES string of the molecule is COc1cc(N2C(=O)C(OC(C)=O)C2c2ccc(N(C)C)cc2)cc(OC)c1OC. The van der Waals surface area contributed by atoms with E-state index in [0.29, 0.717) is 22.9 Å². The molecule has 3 rings (SSSR count). The van der Waals surface area contributed by atoms with Crippen molar-refractivity contribution in [3.8, 4) is 17.2 Å². The quantitative estimate of drug-likeness (QED) is 0.509. The first-order chi connectivity index (χ1) is 14.3. The van der Waals surface area contributed by atoms with Gasteiger partial charge in [-0.25, -0.2) is 0 Å². The number of hydrogen-bond acceptors (Lipinski definition) is 7. The second-order valence-corrected chi connectivity index (χ2v) is 7.05. The van der Waals surface area contributed by atoms with Crippen LogP contribution in [0.25, 0.3) is 0 Å². The molecule has 8 heteroatoms. The third-order valence-corrected chi connectivity index (χ3v) is 5.02. The lowest BCUT2D eigenvalue weighted by Gasteiger charge is -2.46. The summed E-state index contributed by atoms with van der Waals surface area (Å²) >= 11 is 0. The summed E-state index contributed by atoms with van der Waals surface area (Å²) in [5, 5.41) is 0.